The van der Waals surface area contributed by atoms with E-state index in [1.807, 2.05) is 25.1 Å². The molecule has 2 aromatic rings. The Morgan fingerprint density at radius 2 is 1.72 bits per heavy atom. The number of benzene rings is 2. The van der Waals surface area contributed by atoms with E-state index in [1.165, 1.54) is 0 Å². The third-order valence-electron chi connectivity index (χ3n) is 4.25. The van der Waals surface area contributed by atoms with Crippen LogP contribution in [0.1, 0.15) is 28.4 Å². The SMILES string of the molecule is CCOC(=O)c1cccc(NC(=S)NCc2cc(OC)c(OC)c(OC)c2)c1C. The van der Waals surface area contributed by atoms with Gasteiger partial charge in [0, 0.05) is 12.2 Å². The largest absolute Gasteiger partial charge is 0.493 e. The highest BCUT2D eigenvalue weighted by atomic mass is 32.1. The van der Waals surface area contributed by atoms with Crippen molar-refractivity contribution in [2.24, 2.45) is 0 Å². The van der Waals surface area contributed by atoms with Gasteiger partial charge in [-0.15, -0.1) is 0 Å². The third-order valence-corrected chi connectivity index (χ3v) is 4.50. The second-order valence-electron chi connectivity index (χ2n) is 6.04. The molecule has 0 spiro atoms. The summed E-state index contributed by atoms with van der Waals surface area (Å²) in [5.41, 5.74) is 2.91. The quantitative estimate of drug-likeness (QED) is 0.497. The van der Waals surface area contributed by atoms with Crippen molar-refractivity contribution in [3.8, 4) is 17.2 Å². The molecule has 0 aromatic heterocycles. The molecule has 2 N–H and O–H groups in total. The van der Waals surface area contributed by atoms with Crippen molar-refractivity contribution in [1.29, 1.82) is 0 Å². The summed E-state index contributed by atoms with van der Waals surface area (Å²) in [5.74, 6) is 1.32. The molecule has 0 unspecified atom stereocenters. The molecule has 29 heavy (non-hydrogen) atoms. The van der Waals surface area contributed by atoms with Crippen LogP contribution >= 0.6 is 12.2 Å². The molecule has 8 heteroatoms. The molecule has 0 heterocycles. The zero-order chi connectivity index (χ0) is 21.4. The Morgan fingerprint density at radius 1 is 1.07 bits per heavy atom. The van der Waals surface area contributed by atoms with Gasteiger partial charge in [-0.2, -0.15) is 0 Å². The molecule has 0 aliphatic heterocycles. The minimum absolute atomic E-state index is 0.324. The summed E-state index contributed by atoms with van der Waals surface area (Å²) < 4.78 is 21.2. The van der Waals surface area contributed by atoms with E-state index in [9.17, 15) is 4.79 Å². The second kappa shape index (κ2) is 10.5. The summed E-state index contributed by atoms with van der Waals surface area (Å²) in [6.45, 7) is 4.39. The molecule has 0 atom stereocenters. The van der Waals surface area contributed by atoms with E-state index in [0.717, 1.165) is 16.8 Å². The number of rotatable bonds is 8. The zero-order valence-corrected chi connectivity index (χ0v) is 18.1. The van der Waals surface area contributed by atoms with Crippen LogP contribution in [0.25, 0.3) is 0 Å². The third kappa shape index (κ3) is 5.51. The number of hydrogen-bond donors (Lipinski definition) is 2. The van der Waals surface area contributed by atoms with Crippen LogP contribution in [0, 0.1) is 6.92 Å². The van der Waals surface area contributed by atoms with Gasteiger partial charge in [0.1, 0.15) is 0 Å². The lowest BCUT2D eigenvalue weighted by Crippen LogP contribution is -2.28. The highest BCUT2D eigenvalue weighted by molar-refractivity contribution is 7.80. The summed E-state index contributed by atoms with van der Waals surface area (Å²) in [5, 5.41) is 6.68. The first-order chi connectivity index (χ1) is 13.9. The van der Waals surface area contributed by atoms with E-state index in [0.29, 0.717) is 41.1 Å². The van der Waals surface area contributed by atoms with E-state index in [1.54, 1.807) is 40.4 Å². The first-order valence-corrected chi connectivity index (χ1v) is 9.46. The van der Waals surface area contributed by atoms with Crippen LogP contribution in [-0.4, -0.2) is 39.0 Å². The van der Waals surface area contributed by atoms with Gasteiger partial charge >= 0.3 is 5.97 Å². The van der Waals surface area contributed by atoms with Gasteiger partial charge in [0.2, 0.25) is 5.75 Å². The molecule has 0 aliphatic rings. The van der Waals surface area contributed by atoms with Crippen molar-refractivity contribution in [1.82, 2.24) is 5.32 Å². The van der Waals surface area contributed by atoms with Crippen LogP contribution < -0.4 is 24.8 Å². The first-order valence-electron chi connectivity index (χ1n) is 9.05. The predicted octanol–water partition coefficient (Wildman–Crippen LogP) is 3.68. The Hall–Kier alpha value is -3.00. The molecular weight excluding hydrogens is 392 g/mol. The molecule has 0 amide bonds. The van der Waals surface area contributed by atoms with Gasteiger partial charge in [0.15, 0.2) is 16.6 Å². The Labute approximate surface area is 176 Å². The van der Waals surface area contributed by atoms with Gasteiger partial charge in [0.05, 0.1) is 33.5 Å². The summed E-state index contributed by atoms with van der Waals surface area (Å²) in [7, 11) is 4.70. The maximum Gasteiger partial charge on any atom is 0.338 e. The molecule has 156 valence electrons. The molecule has 2 aromatic carbocycles. The maximum atomic E-state index is 12.1. The maximum absolute atomic E-state index is 12.1. The molecule has 2 rings (SSSR count). The van der Waals surface area contributed by atoms with Crippen molar-refractivity contribution in [2.45, 2.75) is 20.4 Å². The monoisotopic (exact) mass is 418 g/mol. The number of nitrogens with one attached hydrogen (secondary N) is 2. The van der Waals surface area contributed by atoms with E-state index in [2.05, 4.69) is 10.6 Å². The molecular formula is C21H26N2O5S. The Kier molecular flexibility index (Phi) is 8.09. The van der Waals surface area contributed by atoms with E-state index < -0.39 is 0 Å². The zero-order valence-electron chi connectivity index (χ0n) is 17.3. The molecule has 0 radical (unpaired) electrons. The number of methoxy groups -OCH3 is 3. The number of esters is 1. The summed E-state index contributed by atoms with van der Waals surface area (Å²) in [4.78, 5) is 12.1. The van der Waals surface area contributed by atoms with Crippen LogP contribution in [0.15, 0.2) is 30.3 Å². The Balaban J connectivity index is 2.09. The van der Waals surface area contributed by atoms with Gasteiger partial charge in [-0.05, 0) is 61.5 Å². The number of anilines is 1. The minimum atomic E-state index is -0.357. The fraction of sp³-hybridized carbons (Fsp3) is 0.333. The molecule has 0 fully saturated rings. The molecule has 7 nitrogen and oxygen atoms in total. The average Bonchev–Trinajstić information content (AvgIpc) is 2.72. The Bertz CT molecular complexity index is 860. The highest BCUT2D eigenvalue weighted by Gasteiger charge is 2.15. The minimum Gasteiger partial charge on any atom is -0.493 e. The summed E-state index contributed by atoms with van der Waals surface area (Å²) in [6, 6.07) is 9.06. The molecule has 0 saturated heterocycles. The van der Waals surface area contributed by atoms with Crippen LogP contribution in [0.5, 0.6) is 17.2 Å². The van der Waals surface area contributed by atoms with Crippen molar-refractivity contribution >= 4 is 29.0 Å². The average molecular weight is 419 g/mol. The fourth-order valence-electron chi connectivity index (χ4n) is 2.79. The second-order valence-corrected chi connectivity index (χ2v) is 6.45. The summed E-state index contributed by atoms with van der Waals surface area (Å²) >= 11 is 5.40. The van der Waals surface area contributed by atoms with Crippen LogP contribution in [0.4, 0.5) is 5.69 Å². The first kappa shape index (κ1) is 22.3. The number of hydrogen-bond acceptors (Lipinski definition) is 6. The fourth-order valence-corrected chi connectivity index (χ4v) is 2.97. The smallest absolute Gasteiger partial charge is 0.338 e. The lowest BCUT2D eigenvalue weighted by molar-refractivity contribution is 0.0525. The summed E-state index contributed by atoms with van der Waals surface area (Å²) in [6.07, 6.45) is 0. The molecule has 0 bridgehead atoms. The molecule has 0 aliphatic carbocycles. The number of carbonyl (C=O) groups is 1. The predicted molar refractivity (Wildman–Crippen MR) is 116 cm³/mol. The topological polar surface area (TPSA) is 78.1 Å². The van der Waals surface area contributed by atoms with Gasteiger partial charge in [-0.1, -0.05) is 6.07 Å². The van der Waals surface area contributed by atoms with E-state index >= 15 is 0 Å². The van der Waals surface area contributed by atoms with E-state index in [-0.39, 0.29) is 5.97 Å². The van der Waals surface area contributed by atoms with Crippen molar-refractivity contribution in [3.63, 3.8) is 0 Å². The number of thiocarbonyl (C=S) groups is 1. The van der Waals surface area contributed by atoms with Crippen LogP contribution in [-0.2, 0) is 11.3 Å². The van der Waals surface area contributed by atoms with Gasteiger partial charge in [-0.3, -0.25) is 0 Å². The lowest BCUT2D eigenvalue weighted by Gasteiger charge is -2.16. The molecule has 0 saturated carbocycles. The van der Waals surface area contributed by atoms with Crippen molar-refractivity contribution < 1.29 is 23.7 Å². The highest BCUT2D eigenvalue weighted by Crippen LogP contribution is 2.38. The van der Waals surface area contributed by atoms with Gasteiger partial charge in [0.25, 0.3) is 0 Å². The Morgan fingerprint density at radius 3 is 2.28 bits per heavy atom. The van der Waals surface area contributed by atoms with E-state index in [4.69, 9.17) is 31.2 Å². The lowest BCUT2D eigenvalue weighted by atomic mass is 10.1. The standard InChI is InChI=1S/C21H26N2O5S/c1-6-28-20(24)15-8-7-9-16(13(15)2)23-21(29)22-12-14-10-17(25-3)19(27-5)18(11-14)26-4/h7-11H,6,12H2,1-5H3,(H2,22,23,29). The van der Waals surface area contributed by atoms with Gasteiger partial charge < -0.3 is 29.6 Å². The van der Waals surface area contributed by atoms with Crippen molar-refractivity contribution in [2.75, 3.05) is 33.3 Å². The van der Waals surface area contributed by atoms with Crippen LogP contribution in [0.3, 0.4) is 0 Å². The number of ether oxygens (including phenoxy) is 4. The van der Waals surface area contributed by atoms with Crippen LogP contribution in [0.2, 0.25) is 0 Å². The van der Waals surface area contributed by atoms with Gasteiger partial charge in [-0.25, -0.2) is 4.79 Å². The normalized spacial score (nSPS) is 10.1. The van der Waals surface area contributed by atoms with Crippen molar-refractivity contribution in [3.05, 3.63) is 47.0 Å². The number of carbonyl (C=O) groups excluding carboxylic acids is 1.